The molecule has 0 heterocycles. The minimum atomic E-state index is -0.341. The summed E-state index contributed by atoms with van der Waals surface area (Å²) in [6, 6.07) is 30.3. The summed E-state index contributed by atoms with van der Waals surface area (Å²) in [5, 5.41) is 20.7. The van der Waals surface area contributed by atoms with E-state index in [1.54, 1.807) is 24.6 Å². The van der Waals surface area contributed by atoms with Gasteiger partial charge in [-0.1, -0.05) is 83.9 Å². The van der Waals surface area contributed by atoms with Crippen molar-refractivity contribution in [2.45, 2.75) is 25.9 Å². The first-order valence-electron chi connectivity index (χ1n) is 11.3. The molecular formula is C30H28N2O2. The highest BCUT2D eigenvalue weighted by molar-refractivity contribution is 5.85. The minimum Gasteiger partial charge on any atom is -0.507 e. The molecule has 4 heteroatoms. The lowest BCUT2D eigenvalue weighted by Gasteiger charge is -2.22. The van der Waals surface area contributed by atoms with Gasteiger partial charge in [0.05, 0.1) is 0 Å². The molecule has 34 heavy (non-hydrogen) atoms. The molecule has 4 aromatic carbocycles. The van der Waals surface area contributed by atoms with Gasteiger partial charge in [-0.05, 0) is 49.2 Å². The number of phenols is 2. The second-order valence-corrected chi connectivity index (χ2v) is 8.39. The highest BCUT2D eigenvalue weighted by Gasteiger charge is 2.23. The van der Waals surface area contributed by atoms with E-state index in [1.165, 1.54) is 0 Å². The maximum Gasteiger partial charge on any atom is 0.124 e. The smallest absolute Gasteiger partial charge is 0.124 e. The van der Waals surface area contributed by atoms with Crippen LogP contribution in [0.15, 0.2) is 107 Å². The Morgan fingerprint density at radius 1 is 0.559 bits per heavy atom. The Bertz CT molecular complexity index is 1200. The van der Waals surface area contributed by atoms with Gasteiger partial charge in [-0.25, -0.2) is 0 Å². The lowest BCUT2D eigenvalue weighted by molar-refractivity contribution is 0.473. The van der Waals surface area contributed by atoms with Crippen LogP contribution in [-0.4, -0.2) is 22.6 Å². The number of aryl methyl sites for hydroxylation is 2. The summed E-state index contributed by atoms with van der Waals surface area (Å²) in [7, 11) is 0. The van der Waals surface area contributed by atoms with E-state index in [1.807, 2.05) is 98.8 Å². The largest absolute Gasteiger partial charge is 0.507 e. The van der Waals surface area contributed by atoms with Crippen LogP contribution in [0.4, 0.5) is 0 Å². The molecule has 0 aliphatic rings. The van der Waals surface area contributed by atoms with Crippen molar-refractivity contribution >= 4 is 12.4 Å². The average molecular weight is 449 g/mol. The molecule has 0 aromatic heterocycles. The van der Waals surface area contributed by atoms with E-state index in [4.69, 9.17) is 9.98 Å². The van der Waals surface area contributed by atoms with Crippen molar-refractivity contribution in [1.29, 1.82) is 0 Å². The zero-order valence-corrected chi connectivity index (χ0v) is 19.3. The summed E-state index contributed by atoms with van der Waals surface area (Å²) in [4.78, 5) is 9.87. The van der Waals surface area contributed by atoms with E-state index in [9.17, 15) is 10.2 Å². The molecule has 0 saturated heterocycles. The van der Waals surface area contributed by atoms with Gasteiger partial charge in [-0.2, -0.15) is 0 Å². The van der Waals surface area contributed by atoms with Crippen molar-refractivity contribution < 1.29 is 10.2 Å². The minimum absolute atomic E-state index is 0.186. The summed E-state index contributed by atoms with van der Waals surface area (Å²) in [6.45, 7) is 3.97. The topological polar surface area (TPSA) is 65.2 Å². The Kier molecular flexibility index (Phi) is 7.19. The molecule has 0 spiro atoms. The molecule has 0 saturated carbocycles. The quantitative estimate of drug-likeness (QED) is 0.308. The third-order valence-electron chi connectivity index (χ3n) is 5.70. The van der Waals surface area contributed by atoms with Crippen molar-refractivity contribution in [3.05, 3.63) is 130 Å². The second kappa shape index (κ2) is 10.6. The Morgan fingerprint density at radius 3 is 1.32 bits per heavy atom. The molecule has 0 fully saturated rings. The standard InChI is InChI=1S/C30H28N2O2/c1-21-13-15-27(33)25(17-21)19-31-29(23-9-5-3-6-10-23)30(24-11-7-4-8-12-24)32-20-26-18-22(2)14-16-28(26)34/h3-20,29-30,33-34H,1-2H3/t29-,30-/m1/s1. The highest BCUT2D eigenvalue weighted by atomic mass is 16.3. The van der Waals surface area contributed by atoms with Crippen LogP contribution in [0.2, 0.25) is 0 Å². The summed E-state index contributed by atoms with van der Waals surface area (Å²) < 4.78 is 0. The Morgan fingerprint density at radius 2 is 0.941 bits per heavy atom. The molecule has 0 amide bonds. The van der Waals surface area contributed by atoms with Crippen molar-refractivity contribution in [2.75, 3.05) is 0 Å². The highest BCUT2D eigenvalue weighted by Crippen LogP contribution is 2.36. The van der Waals surface area contributed by atoms with Crippen molar-refractivity contribution in [1.82, 2.24) is 0 Å². The van der Waals surface area contributed by atoms with Crippen molar-refractivity contribution in [3.8, 4) is 11.5 Å². The average Bonchev–Trinajstić information content (AvgIpc) is 2.86. The Hall–Kier alpha value is -4.18. The van der Waals surface area contributed by atoms with Gasteiger partial charge in [-0.15, -0.1) is 0 Å². The van der Waals surface area contributed by atoms with Crippen LogP contribution in [0.1, 0.15) is 45.5 Å². The molecule has 4 nitrogen and oxygen atoms in total. The lowest BCUT2D eigenvalue weighted by Crippen LogP contribution is -2.09. The van der Waals surface area contributed by atoms with E-state index in [0.29, 0.717) is 11.1 Å². The van der Waals surface area contributed by atoms with Crippen LogP contribution in [0, 0.1) is 13.8 Å². The SMILES string of the molecule is Cc1ccc(O)c(C=N[C@H](c2ccccc2)[C@H](N=Cc2cc(C)ccc2O)c2ccccc2)c1. The molecule has 0 radical (unpaired) electrons. The number of nitrogens with zero attached hydrogens (tertiary/aromatic N) is 2. The predicted molar refractivity (Wildman–Crippen MR) is 139 cm³/mol. The van der Waals surface area contributed by atoms with E-state index in [2.05, 4.69) is 0 Å². The number of benzene rings is 4. The maximum absolute atomic E-state index is 10.3. The number of hydrogen-bond donors (Lipinski definition) is 2. The molecule has 0 unspecified atom stereocenters. The third-order valence-corrected chi connectivity index (χ3v) is 5.70. The van der Waals surface area contributed by atoms with Crippen molar-refractivity contribution in [3.63, 3.8) is 0 Å². The molecule has 0 bridgehead atoms. The van der Waals surface area contributed by atoms with Gasteiger partial charge in [0.1, 0.15) is 23.6 Å². The van der Waals surface area contributed by atoms with Crippen LogP contribution in [0.3, 0.4) is 0 Å². The number of aromatic hydroxyl groups is 2. The van der Waals surface area contributed by atoms with E-state index in [-0.39, 0.29) is 23.6 Å². The molecule has 2 atom stereocenters. The van der Waals surface area contributed by atoms with Gasteiger partial charge in [-0.3, -0.25) is 9.98 Å². The normalized spacial score (nSPS) is 13.4. The number of aliphatic imine (C=N–C) groups is 2. The molecule has 0 aliphatic carbocycles. The fraction of sp³-hybridized carbons (Fsp3) is 0.133. The predicted octanol–water partition coefficient (Wildman–Crippen LogP) is 6.74. The molecular weight excluding hydrogens is 420 g/mol. The Labute approximate surface area is 200 Å². The molecule has 0 aliphatic heterocycles. The summed E-state index contributed by atoms with van der Waals surface area (Å²) >= 11 is 0. The van der Waals surface area contributed by atoms with E-state index in [0.717, 1.165) is 22.3 Å². The van der Waals surface area contributed by atoms with Crippen LogP contribution in [0.5, 0.6) is 11.5 Å². The van der Waals surface area contributed by atoms with Gasteiger partial charge in [0, 0.05) is 23.6 Å². The van der Waals surface area contributed by atoms with Gasteiger partial charge >= 0.3 is 0 Å². The number of phenolic OH excluding ortho intramolecular Hbond substituents is 2. The maximum atomic E-state index is 10.3. The fourth-order valence-electron chi connectivity index (χ4n) is 3.88. The summed E-state index contributed by atoms with van der Waals surface area (Å²) in [6.07, 6.45) is 3.44. The number of hydrogen-bond acceptors (Lipinski definition) is 4. The van der Waals surface area contributed by atoms with Gasteiger partial charge in [0.25, 0.3) is 0 Å². The van der Waals surface area contributed by atoms with Gasteiger partial charge < -0.3 is 10.2 Å². The van der Waals surface area contributed by atoms with Crippen LogP contribution in [0.25, 0.3) is 0 Å². The molecule has 4 aromatic rings. The van der Waals surface area contributed by atoms with Gasteiger partial charge in [0.2, 0.25) is 0 Å². The summed E-state index contributed by atoms with van der Waals surface area (Å²) in [5.74, 6) is 0.371. The lowest BCUT2D eigenvalue weighted by atomic mass is 9.94. The fourth-order valence-corrected chi connectivity index (χ4v) is 3.88. The molecule has 4 rings (SSSR count). The molecule has 170 valence electrons. The van der Waals surface area contributed by atoms with Gasteiger partial charge in [0.15, 0.2) is 0 Å². The number of rotatable bonds is 7. The third kappa shape index (κ3) is 5.59. The first-order valence-corrected chi connectivity index (χ1v) is 11.3. The second-order valence-electron chi connectivity index (χ2n) is 8.39. The van der Waals surface area contributed by atoms with E-state index >= 15 is 0 Å². The monoisotopic (exact) mass is 448 g/mol. The Balaban J connectivity index is 1.81. The first-order chi connectivity index (χ1) is 16.5. The zero-order chi connectivity index (χ0) is 23.9. The van der Waals surface area contributed by atoms with Crippen molar-refractivity contribution in [2.24, 2.45) is 9.98 Å². The van der Waals surface area contributed by atoms with Crippen LogP contribution >= 0.6 is 0 Å². The summed E-state index contributed by atoms with van der Waals surface area (Å²) in [5.41, 5.74) is 5.42. The first kappa shape index (κ1) is 23.0. The molecule has 2 N–H and O–H groups in total. The van der Waals surface area contributed by atoms with E-state index < -0.39 is 0 Å². The zero-order valence-electron chi connectivity index (χ0n) is 19.3. The van der Waals surface area contributed by atoms with Crippen LogP contribution in [-0.2, 0) is 0 Å². The van der Waals surface area contributed by atoms with Crippen LogP contribution < -0.4 is 0 Å².